The number of ether oxygens (including phenoxy) is 1. The molecule has 0 spiro atoms. The Kier molecular flexibility index (Phi) is 6.06. The van der Waals surface area contributed by atoms with Crippen molar-refractivity contribution in [3.8, 4) is 18.1 Å². The van der Waals surface area contributed by atoms with Crippen LogP contribution in [0.5, 0.6) is 5.75 Å². The summed E-state index contributed by atoms with van der Waals surface area (Å²) in [6, 6.07) is 6.43. The first kappa shape index (κ1) is 16.9. The molecule has 0 aliphatic carbocycles. The quantitative estimate of drug-likeness (QED) is 0.735. The molecule has 7 heteroatoms. The van der Waals surface area contributed by atoms with Crippen molar-refractivity contribution in [3.63, 3.8) is 0 Å². The highest BCUT2D eigenvalue weighted by atomic mass is 32.2. The summed E-state index contributed by atoms with van der Waals surface area (Å²) in [5.41, 5.74) is 0.357. The summed E-state index contributed by atoms with van der Waals surface area (Å²) in [4.78, 5) is 11.3. The first-order valence-corrected chi connectivity index (χ1v) is 7.95. The van der Waals surface area contributed by atoms with E-state index in [1.807, 2.05) is 13.8 Å². The number of hydrogen-bond acceptors (Lipinski definition) is 4. The molecule has 1 aromatic rings. The van der Waals surface area contributed by atoms with Gasteiger partial charge in [0.25, 0.3) is 0 Å². The van der Waals surface area contributed by atoms with Crippen LogP contribution in [-0.4, -0.2) is 32.7 Å². The monoisotopic (exact) mass is 310 g/mol. The summed E-state index contributed by atoms with van der Waals surface area (Å²) in [5.74, 6) is 1.50. The number of nitrogens with one attached hydrogen (secondary N) is 2. The summed E-state index contributed by atoms with van der Waals surface area (Å²) in [7, 11) is -3.77. The van der Waals surface area contributed by atoms with E-state index in [2.05, 4.69) is 16.0 Å². The minimum absolute atomic E-state index is 0.00437. The van der Waals surface area contributed by atoms with Crippen LogP contribution < -0.4 is 14.8 Å². The number of terminal acetylenes is 1. The van der Waals surface area contributed by atoms with Crippen molar-refractivity contribution in [2.45, 2.75) is 20.0 Å². The van der Waals surface area contributed by atoms with Gasteiger partial charge in [-0.05, 0) is 38.1 Å². The average molecular weight is 310 g/mol. The molecule has 0 unspecified atom stereocenters. The first-order chi connectivity index (χ1) is 9.82. The lowest BCUT2D eigenvalue weighted by Crippen LogP contribution is -2.33. The second-order valence-corrected chi connectivity index (χ2v) is 6.26. The molecule has 0 fully saturated rings. The van der Waals surface area contributed by atoms with Crippen molar-refractivity contribution in [2.24, 2.45) is 0 Å². The van der Waals surface area contributed by atoms with E-state index in [-0.39, 0.29) is 12.6 Å². The van der Waals surface area contributed by atoms with Crippen LogP contribution in [-0.2, 0) is 14.8 Å². The summed E-state index contributed by atoms with van der Waals surface area (Å²) in [5, 5.41) is 2.29. The molecule has 0 atom stereocenters. The van der Waals surface area contributed by atoms with Crippen molar-refractivity contribution in [2.75, 3.05) is 17.0 Å². The van der Waals surface area contributed by atoms with Gasteiger partial charge < -0.3 is 10.1 Å². The van der Waals surface area contributed by atoms with Crippen LogP contribution >= 0.6 is 0 Å². The number of sulfonamides is 1. The second-order valence-electron chi connectivity index (χ2n) is 4.53. The molecule has 1 aromatic carbocycles. The number of rotatable bonds is 7. The molecule has 21 heavy (non-hydrogen) atoms. The van der Waals surface area contributed by atoms with Crippen molar-refractivity contribution >= 4 is 21.6 Å². The zero-order valence-corrected chi connectivity index (χ0v) is 12.7. The Morgan fingerprint density at radius 1 is 1.33 bits per heavy atom. The van der Waals surface area contributed by atoms with Gasteiger partial charge in [-0.2, -0.15) is 0 Å². The van der Waals surface area contributed by atoms with Gasteiger partial charge in [0, 0.05) is 5.69 Å². The number of amides is 1. The fraction of sp³-hybridized carbons (Fsp3) is 0.357. The highest BCUT2D eigenvalue weighted by Gasteiger charge is 2.16. The van der Waals surface area contributed by atoms with E-state index in [1.165, 1.54) is 0 Å². The second kappa shape index (κ2) is 7.55. The Hall–Kier alpha value is -2.20. The number of anilines is 1. The maximum atomic E-state index is 11.8. The number of benzene rings is 1. The van der Waals surface area contributed by atoms with Crippen LogP contribution in [0.2, 0.25) is 0 Å². The topological polar surface area (TPSA) is 84.5 Å². The van der Waals surface area contributed by atoms with Crippen molar-refractivity contribution in [1.29, 1.82) is 0 Å². The molecule has 0 saturated carbocycles. The van der Waals surface area contributed by atoms with Crippen molar-refractivity contribution in [3.05, 3.63) is 24.3 Å². The van der Waals surface area contributed by atoms with Crippen LogP contribution in [0.3, 0.4) is 0 Å². The van der Waals surface area contributed by atoms with E-state index >= 15 is 0 Å². The molecule has 6 nitrogen and oxygen atoms in total. The van der Waals surface area contributed by atoms with E-state index < -0.39 is 21.7 Å². The Balaban J connectivity index is 2.63. The normalized spacial score (nSPS) is 10.8. The first-order valence-electron chi connectivity index (χ1n) is 6.30. The standard InChI is InChI=1S/C14H18N2O4S/c1-4-9-15-14(17)10-21(18,19)16-12-5-7-13(8-6-12)20-11(2)3/h1,5-8,11,16H,9-10H2,2-3H3,(H,15,17). The van der Waals surface area contributed by atoms with Crippen LogP contribution in [0.25, 0.3) is 0 Å². The Labute approximate surface area is 124 Å². The molecule has 2 N–H and O–H groups in total. The van der Waals surface area contributed by atoms with E-state index in [9.17, 15) is 13.2 Å². The zero-order valence-electron chi connectivity index (χ0n) is 11.9. The van der Waals surface area contributed by atoms with Crippen molar-refractivity contribution in [1.82, 2.24) is 5.32 Å². The third kappa shape index (κ3) is 6.68. The molecule has 0 bridgehead atoms. The maximum absolute atomic E-state index is 11.8. The summed E-state index contributed by atoms with van der Waals surface area (Å²) in [6.45, 7) is 3.78. The van der Waals surface area contributed by atoms with Crippen molar-refractivity contribution < 1.29 is 17.9 Å². The third-order valence-electron chi connectivity index (χ3n) is 2.21. The Morgan fingerprint density at radius 2 is 1.95 bits per heavy atom. The third-order valence-corrected chi connectivity index (χ3v) is 3.40. The summed E-state index contributed by atoms with van der Waals surface area (Å²) in [6.07, 6.45) is 5.01. The lowest BCUT2D eigenvalue weighted by molar-refractivity contribution is -0.118. The molecular weight excluding hydrogens is 292 g/mol. The lowest BCUT2D eigenvalue weighted by Gasteiger charge is -2.11. The molecule has 1 amide bonds. The largest absolute Gasteiger partial charge is 0.491 e. The van der Waals surface area contributed by atoms with E-state index in [4.69, 9.17) is 11.2 Å². The van der Waals surface area contributed by atoms with Crippen LogP contribution in [0.4, 0.5) is 5.69 Å². The summed E-state index contributed by atoms with van der Waals surface area (Å²) >= 11 is 0. The predicted molar refractivity (Wildman–Crippen MR) is 81.5 cm³/mol. The minimum Gasteiger partial charge on any atom is -0.491 e. The Morgan fingerprint density at radius 3 is 2.48 bits per heavy atom. The van der Waals surface area contributed by atoms with Gasteiger partial charge in [0.2, 0.25) is 15.9 Å². The molecule has 1 rings (SSSR count). The van der Waals surface area contributed by atoms with Gasteiger partial charge in [-0.15, -0.1) is 6.42 Å². The van der Waals surface area contributed by atoms with Gasteiger partial charge in [0.05, 0.1) is 12.6 Å². The smallest absolute Gasteiger partial charge is 0.241 e. The fourth-order valence-corrected chi connectivity index (χ4v) is 2.48. The molecule has 0 heterocycles. The van der Waals surface area contributed by atoms with Gasteiger partial charge in [0.15, 0.2) is 0 Å². The molecular formula is C14H18N2O4S. The van der Waals surface area contributed by atoms with E-state index in [0.717, 1.165) is 0 Å². The minimum atomic E-state index is -3.77. The summed E-state index contributed by atoms with van der Waals surface area (Å²) < 4.78 is 31.3. The van der Waals surface area contributed by atoms with Gasteiger partial charge in [-0.1, -0.05) is 5.92 Å². The predicted octanol–water partition coefficient (Wildman–Crippen LogP) is 0.965. The SMILES string of the molecule is C#CCNC(=O)CS(=O)(=O)Nc1ccc(OC(C)C)cc1. The molecule has 0 aliphatic heterocycles. The number of hydrogen-bond donors (Lipinski definition) is 2. The van der Waals surface area contributed by atoms with E-state index in [0.29, 0.717) is 11.4 Å². The van der Waals surface area contributed by atoms with Crippen LogP contribution in [0.1, 0.15) is 13.8 Å². The van der Waals surface area contributed by atoms with Gasteiger partial charge >= 0.3 is 0 Å². The average Bonchev–Trinajstić information content (AvgIpc) is 2.37. The number of carbonyl (C=O) groups excluding carboxylic acids is 1. The molecule has 114 valence electrons. The molecule has 0 aromatic heterocycles. The van der Waals surface area contributed by atoms with E-state index in [1.54, 1.807) is 24.3 Å². The molecule has 0 radical (unpaired) electrons. The van der Waals surface area contributed by atoms with Crippen LogP contribution in [0, 0.1) is 12.3 Å². The Bertz CT molecular complexity index is 615. The fourth-order valence-electron chi connectivity index (χ4n) is 1.46. The lowest BCUT2D eigenvalue weighted by atomic mass is 10.3. The van der Waals surface area contributed by atoms with Gasteiger partial charge in [-0.3, -0.25) is 9.52 Å². The van der Waals surface area contributed by atoms with Crippen LogP contribution in [0.15, 0.2) is 24.3 Å². The highest BCUT2D eigenvalue weighted by Crippen LogP contribution is 2.17. The van der Waals surface area contributed by atoms with Gasteiger partial charge in [0.1, 0.15) is 11.5 Å². The molecule has 0 saturated heterocycles. The highest BCUT2D eigenvalue weighted by molar-refractivity contribution is 7.93. The zero-order chi connectivity index (χ0) is 15.9. The maximum Gasteiger partial charge on any atom is 0.241 e. The van der Waals surface area contributed by atoms with Gasteiger partial charge in [-0.25, -0.2) is 8.42 Å². The molecule has 0 aliphatic rings. The number of carbonyl (C=O) groups is 1.